The van der Waals surface area contributed by atoms with Crippen molar-refractivity contribution in [3.63, 3.8) is 0 Å². The van der Waals surface area contributed by atoms with Gasteiger partial charge in [-0.15, -0.1) is 11.3 Å². The lowest BCUT2D eigenvalue weighted by Crippen LogP contribution is -2.22. The molecule has 1 aromatic heterocycles. The zero-order valence-electron chi connectivity index (χ0n) is 13.3. The van der Waals surface area contributed by atoms with Crippen LogP contribution >= 0.6 is 27.3 Å². The molecule has 0 aliphatic carbocycles. The third kappa shape index (κ3) is 5.08. The van der Waals surface area contributed by atoms with Gasteiger partial charge in [-0.3, -0.25) is 0 Å². The van der Waals surface area contributed by atoms with Crippen LogP contribution in [0.3, 0.4) is 0 Å². The third-order valence-corrected chi connectivity index (χ3v) is 5.91. The molecule has 116 valence electrons. The summed E-state index contributed by atoms with van der Waals surface area (Å²) in [6.45, 7) is 9.18. The van der Waals surface area contributed by atoms with E-state index in [9.17, 15) is 0 Å². The van der Waals surface area contributed by atoms with Gasteiger partial charge in [0.25, 0.3) is 0 Å². The van der Waals surface area contributed by atoms with Crippen LogP contribution in [0, 0.1) is 11.8 Å². The van der Waals surface area contributed by atoms with E-state index in [1.54, 1.807) is 0 Å². The van der Waals surface area contributed by atoms with E-state index in [2.05, 4.69) is 65.6 Å². The molecule has 1 N–H and O–H groups in total. The van der Waals surface area contributed by atoms with Gasteiger partial charge in [-0.25, -0.2) is 0 Å². The lowest BCUT2D eigenvalue weighted by molar-refractivity contribution is 0.454. The summed E-state index contributed by atoms with van der Waals surface area (Å²) in [6.07, 6.45) is 3.75. The summed E-state index contributed by atoms with van der Waals surface area (Å²) in [5.74, 6) is 1.53. The number of benzene rings is 1. The second kappa shape index (κ2) is 8.30. The van der Waals surface area contributed by atoms with Crippen LogP contribution in [0.4, 0.5) is 0 Å². The highest BCUT2D eigenvalue weighted by molar-refractivity contribution is 9.10. The number of hydrogen-bond acceptors (Lipinski definition) is 2. The summed E-state index contributed by atoms with van der Waals surface area (Å²) in [5.41, 5.74) is 1.51. The normalized spacial score (nSPS) is 13.2. The molecule has 0 saturated carbocycles. The molecule has 2 rings (SSSR count). The first kappa shape index (κ1) is 17.0. The van der Waals surface area contributed by atoms with Gasteiger partial charge in [0, 0.05) is 9.17 Å². The quantitative estimate of drug-likeness (QED) is 0.575. The Hall–Kier alpha value is -0.380. The molecule has 0 bridgehead atoms. The van der Waals surface area contributed by atoms with Gasteiger partial charge < -0.3 is 5.32 Å². The van der Waals surface area contributed by atoms with Crippen molar-refractivity contribution >= 4 is 37.4 Å². The summed E-state index contributed by atoms with van der Waals surface area (Å²) >= 11 is 5.50. The third-order valence-electron chi connectivity index (χ3n) is 3.90. The van der Waals surface area contributed by atoms with Gasteiger partial charge in [-0.05, 0) is 82.5 Å². The Morgan fingerprint density at radius 1 is 1.19 bits per heavy atom. The van der Waals surface area contributed by atoms with Gasteiger partial charge in [-0.1, -0.05) is 32.9 Å². The molecule has 1 aromatic carbocycles. The minimum Gasteiger partial charge on any atom is -0.316 e. The van der Waals surface area contributed by atoms with Gasteiger partial charge in [-0.2, -0.15) is 0 Å². The number of fused-ring (bicyclic) bond motifs is 1. The van der Waals surface area contributed by atoms with Crippen LogP contribution in [0.2, 0.25) is 0 Å². The second-order valence-electron chi connectivity index (χ2n) is 6.41. The first-order valence-corrected chi connectivity index (χ1v) is 9.60. The van der Waals surface area contributed by atoms with E-state index in [0.29, 0.717) is 0 Å². The minimum atomic E-state index is 0.746. The van der Waals surface area contributed by atoms with E-state index >= 15 is 0 Å². The lowest BCUT2D eigenvalue weighted by atomic mass is 9.98. The van der Waals surface area contributed by atoms with Crippen molar-refractivity contribution < 1.29 is 0 Å². The molecule has 3 heteroatoms. The van der Waals surface area contributed by atoms with E-state index in [-0.39, 0.29) is 0 Å². The van der Waals surface area contributed by atoms with E-state index in [1.165, 1.54) is 39.4 Å². The minimum absolute atomic E-state index is 0.746. The van der Waals surface area contributed by atoms with Crippen LogP contribution in [0.1, 0.15) is 39.2 Å². The standard InChI is InChI=1S/C18H26BrNS/c1-13(2)11-20-10-9-14(3)7-8-15-12-21-18-16(15)5-4-6-17(18)19/h4-6,12-14,20H,7-11H2,1-3H3. The molecule has 0 saturated heterocycles. The first-order valence-electron chi connectivity index (χ1n) is 7.93. The highest BCUT2D eigenvalue weighted by Crippen LogP contribution is 2.33. The predicted molar refractivity (Wildman–Crippen MR) is 99.3 cm³/mol. The predicted octanol–water partition coefficient (Wildman–Crippen LogP) is 5.87. The topological polar surface area (TPSA) is 12.0 Å². The fourth-order valence-corrected chi connectivity index (χ4v) is 4.21. The lowest BCUT2D eigenvalue weighted by Gasteiger charge is -2.12. The van der Waals surface area contributed by atoms with Crippen LogP contribution in [0.15, 0.2) is 28.1 Å². The number of aryl methyl sites for hydroxylation is 1. The zero-order valence-corrected chi connectivity index (χ0v) is 15.7. The molecule has 0 aliphatic heterocycles. The fraction of sp³-hybridized carbons (Fsp3) is 0.556. The van der Waals surface area contributed by atoms with Crippen molar-refractivity contribution in [1.29, 1.82) is 0 Å². The Bertz CT molecular complexity index is 561. The number of nitrogens with one attached hydrogen (secondary N) is 1. The van der Waals surface area contributed by atoms with Crippen molar-refractivity contribution in [2.75, 3.05) is 13.1 Å². The number of rotatable bonds is 8. The molecule has 0 amide bonds. The first-order chi connectivity index (χ1) is 10.1. The Morgan fingerprint density at radius 3 is 2.76 bits per heavy atom. The summed E-state index contributed by atoms with van der Waals surface area (Å²) in [4.78, 5) is 0. The van der Waals surface area contributed by atoms with E-state index < -0.39 is 0 Å². The molecule has 0 spiro atoms. The molecule has 21 heavy (non-hydrogen) atoms. The van der Waals surface area contributed by atoms with E-state index in [4.69, 9.17) is 0 Å². The average molecular weight is 368 g/mol. The van der Waals surface area contributed by atoms with Crippen LogP contribution in [-0.2, 0) is 6.42 Å². The maximum atomic E-state index is 3.65. The SMILES string of the molecule is CC(C)CNCCC(C)CCc1csc2c(Br)cccc12. The largest absolute Gasteiger partial charge is 0.316 e. The van der Waals surface area contributed by atoms with Crippen LogP contribution in [0.5, 0.6) is 0 Å². The second-order valence-corrected chi connectivity index (χ2v) is 8.14. The Balaban J connectivity index is 1.80. The summed E-state index contributed by atoms with van der Waals surface area (Å²) < 4.78 is 2.61. The summed E-state index contributed by atoms with van der Waals surface area (Å²) in [5, 5.41) is 7.30. The van der Waals surface area contributed by atoms with Crippen molar-refractivity contribution in [3.8, 4) is 0 Å². The van der Waals surface area contributed by atoms with Crippen LogP contribution < -0.4 is 5.32 Å². The van der Waals surface area contributed by atoms with Crippen LogP contribution in [0.25, 0.3) is 10.1 Å². The molecule has 1 unspecified atom stereocenters. The van der Waals surface area contributed by atoms with Gasteiger partial charge in [0.05, 0.1) is 0 Å². The van der Waals surface area contributed by atoms with Gasteiger partial charge in [0.1, 0.15) is 0 Å². The molecular formula is C18H26BrNS. The molecule has 1 atom stereocenters. The Labute approximate surface area is 141 Å². The van der Waals surface area contributed by atoms with Gasteiger partial charge in [0.2, 0.25) is 0 Å². The Morgan fingerprint density at radius 2 is 2.00 bits per heavy atom. The smallest absolute Gasteiger partial charge is 0.0487 e. The van der Waals surface area contributed by atoms with Crippen LogP contribution in [-0.4, -0.2) is 13.1 Å². The average Bonchev–Trinajstić information content (AvgIpc) is 2.86. The number of halogens is 1. The van der Waals surface area contributed by atoms with Crippen molar-refractivity contribution in [2.24, 2.45) is 11.8 Å². The van der Waals surface area contributed by atoms with Gasteiger partial charge in [0.15, 0.2) is 0 Å². The highest BCUT2D eigenvalue weighted by atomic mass is 79.9. The zero-order chi connectivity index (χ0) is 15.2. The van der Waals surface area contributed by atoms with Crippen molar-refractivity contribution in [3.05, 3.63) is 33.6 Å². The monoisotopic (exact) mass is 367 g/mol. The molecular weight excluding hydrogens is 342 g/mol. The highest BCUT2D eigenvalue weighted by Gasteiger charge is 2.08. The maximum absolute atomic E-state index is 3.65. The van der Waals surface area contributed by atoms with Crippen molar-refractivity contribution in [1.82, 2.24) is 5.32 Å². The van der Waals surface area contributed by atoms with E-state index in [1.807, 2.05) is 11.3 Å². The summed E-state index contributed by atoms with van der Waals surface area (Å²) in [6, 6.07) is 6.52. The number of thiophene rings is 1. The van der Waals surface area contributed by atoms with Gasteiger partial charge >= 0.3 is 0 Å². The molecule has 2 aromatic rings. The number of hydrogen-bond donors (Lipinski definition) is 1. The molecule has 0 aliphatic rings. The molecule has 1 heterocycles. The summed E-state index contributed by atoms with van der Waals surface area (Å²) in [7, 11) is 0. The maximum Gasteiger partial charge on any atom is 0.0487 e. The fourth-order valence-electron chi connectivity index (χ4n) is 2.55. The Kier molecular flexibility index (Phi) is 6.72. The molecule has 1 nitrogen and oxygen atoms in total. The molecule has 0 radical (unpaired) electrons. The van der Waals surface area contributed by atoms with Crippen molar-refractivity contribution in [2.45, 2.75) is 40.0 Å². The molecule has 0 fully saturated rings. The van der Waals surface area contributed by atoms with E-state index in [0.717, 1.165) is 24.9 Å².